The average molecular weight is 950 g/mol. The molecule has 0 aliphatic heterocycles. The Morgan fingerprint density at radius 1 is 0.294 bits per heavy atom. The number of unbranched alkanes of at least 4 members (excludes halogenated alkanes) is 29. The Balaban J connectivity index is 4.44. The highest BCUT2D eigenvalue weighted by atomic mass is 16.6. The summed E-state index contributed by atoms with van der Waals surface area (Å²) in [5, 5.41) is 0. The second-order valence-electron chi connectivity index (χ2n) is 19.2. The van der Waals surface area contributed by atoms with Gasteiger partial charge in [0.1, 0.15) is 13.2 Å². The van der Waals surface area contributed by atoms with Crippen LogP contribution in [0.4, 0.5) is 0 Å². The van der Waals surface area contributed by atoms with E-state index >= 15 is 0 Å². The number of rotatable bonds is 52. The van der Waals surface area contributed by atoms with Crippen LogP contribution in [-0.2, 0) is 28.6 Å². The van der Waals surface area contributed by atoms with Gasteiger partial charge in [0, 0.05) is 19.3 Å². The quantitative estimate of drug-likeness (QED) is 0.0262. The number of esters is 3. The first-order valence-corrected chi connectivity index (χ1v) is 28.9. The van der Waals surface area contributed by atoms with Crippen LogP contribution in [0.1, 0.15) is 284 Å². The molecule has 392 valence electrons. The number of carbonyl (C=O) groups excluding carboxylic acids is 3. The van der Waals surface area contributed by atoms with E-state index in [1.807, 2.05) is 0 Å². The summed E-state index contributed by atoms with van der Waals surface area (Å²) in [7, 11) is 0. The summed E-state index contributed by atoms with van der Waals surface area (Å²) >= 11 is 0. The fourth-order valence-corrected chi connectivity index (χ4v) is 8.04. The molecule has 0 N–H and O–H groups in total. The molecule has 0 heterocycles. The molecule has 0 aliphatic carbocycles. The zero-order valence-corrected chi connectivity index (χ0v) is 44.9. The first-order chi connectivity index (χ1) is 33.5. The van der Waals surface area contributed by atoms with E-state index in [1.165, 1.54) is 141 Å². The van der Waals surface area contributed by atoms with Gasteiger partial charge >= 0.3 is 17.9 Å². The van der Waals surface area contributed by atoms with Gasteiger partial charge in [0.05, 0.1) is 0 Å². The molecule has 0 amide bonds. The lowest BCUT2D eigenvalue weighted by Gasteiger charge is -2.18. The van der Waals surface area contributed by atoms with Crippen molar-refractivity contribution < 1.29 is 28.6 Å². The van der Waals surface area contributed by atoms with Crippen molar-refractivity contribution in [3.63, 3.8) is 0 Å². The molecule has 0 bridgehead atoms. The second-order valence-corrected chi connectivity index (χ2v) is 19.2. The first kappa shape index (κ1) is 64.8. The molecule has 0 aliphatic rings. The maximum Gasteiger partial charge on any atom is 0.306 e. The molecule has 0 saturated carbocycles. The van der Waals surface area contributed by atoms with Crippen molar-refractivity contribution >= 4 is 17.9 Å². The number of hydrogen-bond acceptors (Lipinski definition) is 6. The molecule has 0 spiro atoms. The molecule has 6 heteroatoms. The molecule has 0 saturated heterocycles. The van der Waals surface area contributed by atoms with E-state index in [1.54, 1.807) is 0 Å². The molecule has 0 fully saturated rings. The number of hydrogen-bond donors (Lipinski definition) is 0. The summed E-state index contributed by atoms with van der Waals surface area (Å²) in [6, 6.07) is 0. The number of ether oxygens (including phenoxy) is 3. The third-order valence-corrected chi connectivity index (χ3v) is 12.4. The summed E-state index contributed by atoms with van der Waals surface area (Å²) < 4.78 is 16.8. The predicted molar refractivity (Wildman–Crippen MR) is 293 cm³/mol. The van der Waals surface area contributed by atoms with Crippen molar-refractivity contribution in [3.05, 3.63) is 72.9 Å². The highest BCUT2D eigenvalue weighted by Crippen LogP contribution is 2.16. The van der Waals surface area contributed by atoms with Gasteiger partial charge < -0.3 is 14.2 Å². The zero-order valence-electron chi connectivity index (χ0n) is 44.9. The molecule has 1 atom stereocenters. The minimum atomic E-state index is -0.793. The Labute approximate surface area is 421 Å². The van der Waals surface area contributed by atoms with E-state index < -0.39 is 6.10 Å². The number of carbonyl (C=O) groups is 3. The molecule has 0 aromatic rings. The molecule has 0 unspecified atom stereocenters. The Morgan fingerprint density at radius 3 is 0.868 bits per heavy atom. The minimum Gasteiger partial charge on any atom is -0.462 e. The first-order valence-electron chi connectivity index (χ1n) is 28.9. The molecule has 0 rings (SSSR count). The highest BCUT2D eigenvalue weighted by molar-refractivity contribution is 5.71. The minimum absolute atomic E-state index is 0.0911. The van der Waals surface area contributed by atoms with Crippen molar-refractivity contribution in [2.75, 3.05) is 13.2 Å². The van der Waals surface area contributed by atoms with Crippen LogP contribution >= 0.6 is 0 Å². The van der Waals surface area contributed by atoms with Gasteiger partial charge in [0.15, 0.2) is 6.10 Å². The maximum absolute atomic E-state index is 12.9. The normalized spacial score (nSPS) is 12.6. The molecular weight excluding hydrogens is 841 g/mol. The van der Waals surface area contributed by atoms with Gasteiger partial charge in [0.2, 0.25) is 0 Å². The Hall–Kier alpha value is -3.15. The van der Waals surface area contributed by atoms with Crippen LogP contribution in [0, 0.1) is 0 Å². The largest absolute Gasteiger partial charge is 0.462 e. The summed E-state index contributed by atoms with van der Waals surface area (Å²) in [6.45, 7) is 6.57. The van der Waals surface area contributed by atoms with Crippen LogP contribution in [0.3, 0.4) is 0 Å². The Morgan fingerprint density at radius 2 is 0.529 bits per heavy atom. The Kier molecular flexibility index (Phi) is 53.8. The van der Waals surface area contributed by atoms with Crippen LogP contribution in [-0.4, -0.2) is 37.2 Å². The van der Waals surface area contributed by atoms with Gasteiger partial charge in [-0.2, -0.15) is 0 Å². The van der Waals surface area contributed by atoms with E-state index in [0.29, 0.717) is 19.3 Å². The zero-order chi connectivity index (χ0) is 49.3. The molecule has 6 nitrogen and oxygen atoms in total. The van der Waals surface area contributed by atoms with Crippen molar-refractivity contribution in [3.8, 4) is 0 Å². The fourth-order valence-electron chi connectivity index (χ4n) is 8.04. The maximum atomic E-state index is 12.9. The van der Waals surface area contributed by atoms with Crippen molar-refractivity contribution in [1.82, 2.24) is 0 Å². The molecule has 0 aromatic heterocycles. The second kappa shape index (κ2) is 56.4. The van der Waals surface area contributed by atoms with Gasteiger partial charge in [-0.25, -0.2) is 0 Å². The molecule has 0 radical (unpaired) electrons. The SMILES string of the molecule is CCCCC/C=C\C/C=C\C/C=C\C/C=C\CCCCCC(=O)OC[C@@H](COC(=O)CCCCCCC/C=C\C/C=C\CCCCC)OC(=O)CCCCCCCCCCCCCCCCCC. The van der Waals surface area contributed by atoms with Gasteiger partial charge in [-0.1, -0.05) is 241 Å². The monoisotopic (exact) mass is 949 g/mol. The van der Waals surface area contributed by atoms with Gasteiger partial charge in [-0.15, -0.1) is 0 Å². The van der Waals surface area contributed by atoms with E-state index in [2.05, 4.69) is 93.7 Å². The third-order valence-electron chi connectivity index (χ3n) is 12.4. The summed E-state index contributed by atoms with van der Waals surface area (Å²) in [6.07, 6.45) is 71.7. The van der Waals surface area contributed by atoms with E-state index in [4.69, 9.17) is 14.2 Å². The standard InChI is InChI=1S/C62H108O6/c1-4-7-10-13-16-19-22-25-28-30-31-32-35-37-40-43-46-49-52-55-61(64)67-58-59(57-66-60(63)54-51-48-45-42-39-36-33-27-24-21-18-15-12-9-6-3)68-62(65)56-53-50-47-44-41-38-34-29-26-23-20-17-14-11-8-5-2/h16,18-19,21,25,27-28,31-33,37,40,59H,4-15,17,20,22-24,26,29-30,34-36,38-39,41-58H2,1-3H3/b19-16-,21-18-,28-25-,32-31-,33-27-,40-37-/t59-/m1/s1. The molecule has 68 heavy (non-hydrogen) atoms. The summed E-state index contributed by atoms with van der Waals surface area (Å²) in [5.41, 5.74) is 0. The van der Waals surface area contributed by atoms with E-state index in [-0.39, 0.29) is 31.1 Å². The van der Waals surface area contributed by atoms with Crippen molar-refractivity contribution in [2.24, 2.45) is 0 Å². The van der Waals surface area contributed by atoms with Crippen LogP contribution in [0.25, 0.3) is 0 Å². The van der Waals surface area contributed by atoms with Crippen LogP contribution in [0.2, 0.25) is 0 Å². The average Bonchev–Trinajstić information content (AvgIpc) is 3.34. The van der Waals surface area contributed by atoms with E-state index in [0.717, 1.165) is 103 Å². The lowest BCUT2D eigenvalue weighted by Crippen LogP contribution is -2.30. The van der Waals surface area contributed by atoms with E-state index in [9.17, 15) is 14.4 Å². The third kappa shape index (κ3) is 53.8. The molecule has 0 aromatic carbocycles. The summed E-state index contributed by atoms with van der Waals surface area (Å²) in [5.74, 6) is -0.925. The highest BCUT2D eigenvalue weighted by Gasteiger charge is 2.19. The van der Waals surface area contributed by atoms with Crippen LogP contribution < -0.4 is 0 Å². The van der Waals surface area contributed by atoms with Gasteiger partial charge in [-0.3, -0.25) is 14.4 Å². The lowest BCUT2D eigenvalue weighted by molar-refractivity contribution is -0.167. The predicted octanol–water partition coefficient (Wildman–Crippen LogP) is 19.4. The fraction of sp³-hybridized carbons (Fsp3) is 0.758. The van der Waals surface area contributed by atoms with Crippen molar-refractivity contribution in [2.45, 2.75) is 290 Å². The van der Waals surface area contributed by atoms with Crippen molar-refractivity contribution in [1.29, 1.82) is 0 Å². The van der Waals surface area contributed by atoms with Gasteiger partial charge in [0.25, 0.3) is 0 Å². The topological polar surface area (TPSA) is 78.9 Å². The van der Waals surface area contributed by atoms with Gasteiger partial charge in [-0.05, 0) is 96.3 Å². The molecular formula is C62H108O6. The number of allylic oxidation sites excluding steroid dienone is 12. The van der Waals surface area contributed by atoms with Crippen LogP contribution in [0.15, 0.2) is 72.9 Å². The van der Waals surface area contributed by atoms with Crippen LogP contribution in [0.5, 0.6) is 0 Å². The lowest BCUT2D eigenvalue weighted by atomic mass is 10.0. The summed E-state index contributed by atoms with van der Waals surface area (Å²) in [4.78, 5) is 38.2. The smallest absolute Gasteiger partial charge is 0.306 e. The Bertz CT molecular complexity index is 1270.